The molecule has 408 valence electrons. The van der Waals surface area contributed by atoms with E-state index in [4.69, 9.17) is 11.6 Å². The Morgan fingerprint density at radius 3 is 2.11 bits per heavy atom. The van der Waals surface area contributed by atoms with Crippen molar-refractivity contribution in [3.05, 3.63) is 293 Å². The molecule has 0 amide bonds. The number of aliphatic imine (C=N–C) groups is 1. The fraction of sp³-hybridized carbons (Fsp3) is 0.237. The molecule has 0 N–H and O–H groups in total. The summed E-state index contributed by atoms with van der Waals surface area (Å²) in [6, 6.07) is 72.3. The average molecular weight is 1070 g/mol. The largest absolute Gasteiger partial charge is 0.309 e. The van der Waals surface area contributed by atoms with Gasteiger partial charge in [0.1, 0.15) is 0 Å². The molecule has 12 rings (SSSR count). The summed E-state index contributed by atoms with van der Waals surface area (Å²) in [5.74, 6) is 0.996. The second-order valence-corrected chi connectivity index (χ2v) is 23.3. The van der Waals surface area contributed by atoms with E-state index in [1.165, 1.54) is 117 Å². The van der Waals surface area contributed by atoms with Crippen molar-refractivity contribution in [1.82, 2.24) is 4.57 Å². The van der Waals surface area contributed by atoms with Crippen LogP contribution in [0.15, 0.2) is 247 Å². The van der Waals surface area contributed by atoms with Gasteiger partial charge in [-0.25, -0.2) is 0 Å². The van der Waals surface area contributed by atoms with Gasteiger partial charge in [-0.3, -0.25) is 4.99 Å². The normalized spacial score (nSPS) is 16.8. The lowest BCUT2D eigenvalue weighted by Gasteiger charge is -2.27. The highest BCUT2D eigenvalue weighted by atomic mass is 15.0. The van der Waals surface area contributed by atoms with E-state index in [1.807, 2.05) is 0 Å². The van der Waals surface area contributed by atoms with Crippen molar-refractivity contribution in [3.8, 4) is 39.1 Å². The van der Waals surface area contributed by atoms with E-state index >= 15 is 0 Å². The zero-order chi connectivity index (χ0) is 56.1. The lowest BCUT2D eigenvalue weighted by atomic mass is 9.79. The summed E-state index contributed by atoms with van der Waals surface area (Å²) >= 11 is 0. The van der Waals surface area contributed by atoms with Crippen molar-refractivity contribution in [2.24, 2.45) is 16.8 Å². The Kier molecular flexibility index (Phi) is 16.2. The highest BCUT2D eigenvalue weighted by Crippen LogP contribution is 2.56. The summed E-state index contributed by atoms with van der Waals surface area (Å²) < 4.78 is 2.61. The van der Waals surface area contributed by atoms with Gasteiger partial charge in [0.25, 0.3) is 0 Å². The Labute approximate surface area is 488 Å². The van der Waals surface area contributed by atoms with Crippen LogP contribution < -0.4 is 0 Å². The Balaban J connectivity index is 1.02. The first-order chi connectivity index (χ1) is 40.3. The third-order valence-corrected chi connectivity index (χ3v) is 18.4. The minimum Gasteiger partial charge on any atom is -0.309 e. The fourth-order valence-electron chi connectivity index (χ4n) is 13.9. The number of nitrogens with zero attached hydrogens (tertiary/aromatic N) is 2. The van der Waals surface area contributed by atoms with Gasteiger partial charge in [-0.1, -0.05) is 253 Å². The Morgan fingerprint density at radius 1 is 0.695 bits per heavy atom. The van der Waals surface area contributed by atoms with Gasteiger partial charge in [-0.15, -0.1) is 0 Å². The van der Waals surface area contributed by atoms with Gasteiger partial charge in [-0.2, -0.15) is 0 Å². The molecule has 0 saturated carbocycles. The van der Waals surface area contributed by atoms with Crippen LogP contribution in [0.25, 0.3) is 61.6 Å². The fourth-order valence-corrected chi connectivity index (χ4v) is 13.9. The topological polar surface area (TPSA) is 17.3 Å². The van der Waals surface area contributed by atoms with Crippen molar-refractivity contribution >= 4 is 28.3 Å². The first-order valence-electron chi connectivity index (χ1n) is 30.6. The number of hydrogen-bond donors (Lipinski definition) is 0. The third kappa shape index (κ3) is 10.6. The van der Waals surface area contributed by atoms with Crippen LogP contribution in [0, 0.1) is 18.8 Å². The van der Waals surface area contributed by atoms with Crippen LogP contribution in [0.5, 0.6) is 0 Å². The predicted octanol–water partition coefficient (Wildman–Crippen LogP) is 21.6. The van der Waals surface area contributed by atoms with E-state index in [-0.39, 0.29) is 23.7 Å². The number of aryl methyl sites for hydroxylation is 1. The van der Waals surface area contributed by atoms with Crippen LogP contribution in [0.4, 0.5) is 0 Å². The molecule has 0 saturated heterocycles. The maximum atomic E-state index is 6.01. The minimum absolute atomic E-state index is 0.0926. The number of hydrogen-bond acceptors (Lipinski definition) is 1. The molecule has 2 nitrogen and oxygen atoms in total. The molecule has 5 unspecified atom stereocenters. The standard InChI is InChI=1S/C80H78N2/c1-7-10-40-73(65-49-47-64(48-50-65)62-32-18-13-19-33-62)81-74(52-57(8-2)54(4)60-43-45-63(46-44-60)61-30-16-12-17-31-61)58(9-3)51-66-34-20-21-35-67(66)79-56(6)77(82-75-41-26-24-36-68(75)69-37-25-27-42-76(69)82)53-72-78(55(5)59-28-14-11-15-29-59)70-38-22-23-39-71(70)80(72)79/h11-24,26-36,38-39,41-47,49-50,52-53,55,57-58,64,78H,4,7-10,25,37,40,48,51H2,1-3,5-6H3/b74-52-,81-73+. The summed E-state index contributed by atoms with van der Waals surface area (Å²) in [4.78, 5) is 6.01. The maximum Gasteiger partial charge on any atom is 0.0537 e. The maximum absolute atomic E-state index is 6.01. The molecule has 3 aliphatic carbocycles. The zero-order valence-corrected chi connectivity index (χ0v) is 48.8. The van der Waals surface area contributed by atoms with Crippen LogP contribution in [-0.2, 0) is 12.8 Å². The number of rotatable bonds is 19. The number of para-hydroxylation sites is 1. The van der Waals surface area contributed by atoms with Gasteiger partial charge in [0.2, 0.25) is 0 Å². The number of fused-ring (bicyclic) bond motifs is 6. The van der Waals surface area contributed by atoms with Crippen LogP contribution in [0.3, 0.4) is 0 Å². The number of allylic oxidation sites excluding steroid dienone is 8. The summed E-state index contributed by atoms with van der Waals surface area (Å²) in [5.41, 5.74) is 27.3. The number of unbranched alkanes of at least 4 members (excludes halogenated alkanes) is 1. The minimum atomic E-state index is 0.0926. The van der Waals surface area contributed by atoms with E-state index < -0.39 is 0 Å². The molecule has 8 aromatic carbocycles. The Hall–Kier alpha value is -8.33. The van der Waals surface area contributed by atoms with Crippen LogP contribution in [0.2, 0.25) is 0 Å². The molecule has 1 aromatic heterocycles. The van der Waals surface area contributed by atoms with Crippen LogP contribution in [0.1, 0.15) is 141 Å². The SMILES string of the molecule is C=C(c1ccc(-c2ccccc2)cc1)C(/C=C(\N=C(/CCCC)C1=CCC(c2ccccc2)C=C1)C(CC)Cc1ccccc1-c1c(C)c(-n2c3c(c4ccccc42)CCC=C3)cc2c1-c1ccccc1C2C(C)c1ccccc1)CC. The third-order valence-electron chi connectivity index (χ3n) is 18.4. The number of benzene rings is 8. The van der Waals surface area contributed by atoms with Crippen LogP contribution >= 0.6 is 0 Å². The van der Waals surface area contributed by atoms with E-state index in [0.717, 1.165) is 63.4 Å². The molecule has 0 radical (unpaired) electrons. The van der Waals surface area contributed by atoms with Crippen molar-refractivity contribution in [2.75, 3.05) is 0 Å². The lowest BCUT2D eigenvalue weighted by Crippen LogP contribution is -2.14. The Bertz CT molecular complexity index is 3920. The summed E-state index contributed by atoms with van der Waals surface area (Å²) in [6.45, 7) is 16.7. The molecule has 5 atom stereocenters. The molecule has 1 heterocycles. The van der Waals surface area contributed by atoms with E-state index in [1.54, 1.807) is 0 Å². The molecule has 0 fully saturated rings. The average Bonchev–Trinajstić information content (AvgIpc) is 3.96. The smallest absolute Gasteiger partial charge is 0.0537 e. The van der Waals surface area contributed by atoms with Gasteiger partial charge < -0.3 is 4.57 Å². The van der Waals surface area contributed by atoms with Gasteiger partial charge >= 0.3 is 0 Å². The Morgan fingerprint density at radius 2 is 1.38 bits per heavy atom. The monoisotopic (exact) mass is 1070 g/mol. The van der Waals surface area contributed by atoms with E-state index in [2.05, 4.69) is 270 Å². The van der Waals surface area contributed by atoms with Crippen molar-refractivity contribution in [2.45, 2.75) is 110 Å². The molecular weight excluding hydrogens is 989 g/mol. The summed E-state index contributed by atoms with van der Waals surface area (Å²) in [5, 5.41) is 1.36. The second-order valence-electron chi connectivity index (χ2n) is 23.3. The van der Waals surface area contributed by atoms with Gasteiger partial charge in [-0.05, 0) is 171 Å². The molecule has 0 aliphatic heterocycles. The molecule has 0 spiro atoms. The van der Waals surface area contributed by atoms with Crippen molar-refractivity contribution in [1.29, 1.82) is 0 Å². The molecule has 82 heavy (non-hydrogen) atoms. The van der Waals surface area contributed by atoms with Gasteiger partial charge in [0, 0.05) is 46.2 Å². The van der Waals surface area contributed by atoms with Gasteiger partial charge in [0.05, 0.1) is 11.2 Å². The molecule has 3 aliphatic rings. The molecule has 9 aromatic rings. The molecular formula is C80H78N2. The van der Waals surface area contributed by atoms with Crippen LogP contribution in [-0.4, -0.2) is 10.3 Å². The summed E-state index contributed by atoms with van der Waals surface area (Å²) in [7, 11) is 0. The highest BCUT2D eigenvalue weighted by Gasteiger charge is 2.38. The lowest BCUT2D eigenvalue weighted by molar-refractivity contribution is 0.574. The molecule has 0 bridgehead atoms. The quantitative estimate of drug-likeness (QED) is 0.0718. The van der Waals surface area contributed by atoms with E-state index in [0.29, 0.717) is 5.92 Å². The highest BCUT2D eigenvalue weighted by molar-refractivity contribution is 6.03. The summed E-state index contributed by atoms with van der Waals surface area (Å²) in [6.07, 6.45) is 23.4. The first-order valence-corrected chi connectivity index (χ1v) is 30.6. The van der Waals surface area contributed by atoms with Crippen molar-refractivity contribution in [3.63, 3.8) is 0 Å². The second kappa shape index (κ2) is 24.4. The van der Waals surface area contributed by atoms with Crippen molar-refractivity contribution < 1.29 is 0 Å². The van der Waals surface area contributed by atoms with Gasteiger partial charge in [0.15, 0.2) is 0 Å². The van der Waals surface area contributed by atoms with E-state index in [9.17, 15) is 0 Å². The number of aromatic nitrogens is 1. The zero-order valence-electron chi connectivity index (χ0n) is 48.8. The molecule has 2 heteroatoms. The predicted molar refractivity (Wildman–Crippen MR) is 351 cm³/mol. The first kappa shape index (κ1) is 54.3.